The third kappa shape index (κ3) is 4.93. The molecule has 1 N–H and O–H groups in total. The molecule has 2 fully saturated rings. The molecule has 2 aliphatic rings. The van der Waals surface area contributed by atoms with Gasteiger partial charge >= 0.3 is 0 Å². The van der Waals surface area contributed by atoms with E-state index in [1.165, 1.54) is 6.92 Å². The predicted octanol–water partition coefficient (Wildman–Crippen LogP) is 3.23. The van der Waals surface area contributed by atoms with Crippen molar-refractivity contribution in [1.82, 2.24) is 30.0 Å². The maximum Gasteiger partial charge on any atom is 0.245 e. The zero-order chi connectivity index (χ0) is 28.3. The molecule has 3 heterocycles. The van der Waals surface area contributed by atoms with Gasteiger partial charge in [0.15, 0.2) is 5.78 Å². The molecular weight excluding hydrogens is 496 g/mol. The highest BCUT2D eigenvalue weighted by molar-refractivity contribution is 6.07. The number of fused-ring (bicyclic) bond motifs is 2. The molecule has 10 nitrogen and oxygen atoms in total. The van der Waals surface area contributed by atoms with Gasteiger partial charge in [-0.1, -0.05) is 6.92 Å². The van der Waals surface area contributed by atoms with E-state index in [4.69, 9.17) is 4.74 Å². The van der Waals surface area contributed by atoms with Crippen LogP contribution in [0.5, 0.6) is 0 Å². The van der Waals surface area contributed by atoms with E-state index in [2.05, 4.69) is 27.3 Å². The number of benzene rings is 1. The van der Waals surface area contributed by atoms with Crippen LogP contribution in [0.4, 0.5) is 0 Å². The number of aryl methyl sites for hydroxylation is 2. The number of rotatable bonds is 8. The van der Waals surface area contributed by atoms with E-state index in [1.807, 2.05) is 39.8 Å². The van der Waals surface area contributed by atoms with Crippen LogP contribution in [0.25, 0.3) is 22.0 Å². The fourth-order valence-electron chi connectivity index (χ4n) is 5.67. The summed E-state index contributed by atoms with van der Waals surface area (Å²) >= 11 is 0. The van der Waals surface area contributed by atoms with Crippen molar-refractivity contribution in [3.8, 4) is 11.1 Å². The molecule has 3 atom stereocenters. The number of carbonyl (C=O) groups is 3. The summed E-state index contributed by atoms with van der Waals surface area (Å²) in [5.41, 5.74) is 3.07. The number of aromatic nitrogens is 4. The van der Waals surface area contributed by atoms with Crippen molar-refractivity contribution in [2.24, 2.45) is 5.41 Å². The number of piperidine rings is 1. The summed E-state index contributed by atoms with van der Waals surface area (Å²) in [6.45, 7) is 11.5. The Balaban J connectivity index is 1.45. The molecular formula is C29H36N6O4. The van der Waals surface area contributed by atoms with Crippen LogP contribution in [0, 0.1) is 19.3 Å². The minimum absolute atomic E-state index is 0.0273. The van der Waals surface area contributed by atoms with Gasteiger partial charge in [0, 0.05) is 50.0 Å². The molecule has 0 radical (unpaired) electrons. The largest absolute Gasteiger partial charge is 0.377 e. The lowest BCUT2D eigenvalue weighted by molar-refractivity contribution is -0.140. The SMILES string of the molecule is COC(C)(C)CNC(=O)C1C[C@@]2(C)C[C@H]2N1C(=O)Cn1nc(C(C)=O)c2cc(-c3cnc(C)nc3)cc(C)c21. The van der Waals surface area contributed by atoms with Gasteiger partial charge < -0.3 is 15.0 Å². The maximum absolute atomic E-state index is 13.8. The second kappa shape index (κ2) is 9.51. The number of carbonyl (C=O) groups excluding carboxylic acids is 3. The average Bonchev–Trinajstić information content (AvgIpc) is 3.24. The molecule has 2 aromatic heterocycles. The Morgan fingerprint density at radius 2 is 1.82 bits per heavy atom. The van der Waals surface area contributed by atoms with Gasteiger partial charge in [0.25, 0.3) is 0 Å². The minimum Gasteiger partial charge on any atom is -0.377 e. The third-order valence-electron chi connectivity index (χ3n) is 8.23. The lowest BCUT2D eigenvalue weighted by Gasteiger charge is -2.29. The second-order valence-corrected chi connectivity index (χ2v) is 11.8. The molecule has 1 aromatic carbocycles. The van der Waals surface area contributed by atoms with Gasteiger partial charge in [0.1, 0.15) is 24.1 Å². The van der Waals surface area contributed by atoms with E-state index >= 15 is 0 Å². The summed E-state index contributed by atoms with van der Waals surface area (Å²) in [5, 5.41) is 8.24. The summed E-state index contributed by atoms with van der Waals surface area (Å²) in [5.74, 6) is 0.146. The highest BCUT2D eigenvalue weighted by atomic mass is 16.5. The van der Waals surface area contributed by atoms with Crippen LogP contribution in [0.3, 0.4) is 0 Å². The molecule has 1 aliphatic heterocycles. The fraction of sp³-hybridized carbons (Fsp3) is 0.517. The molecule has 206 valence electrons. The van der Waals surface area contributed by atoms with Crippen LogP contribution < -0.4 is 5.32 Å². The van der Waals surface area contributed by atoms with Crippen molar-refractivity contribution in [2.75, 3.05) is 13.7 Å². The summed E-state index contributed by atoms with van der Waals surface area (Å²) in [4.78, 5) is 49.9. The number of methoxy groups -OCH3 is 1. The number of nitrogens with one attached hydrogen (secondary N) is 1. The molecule has 2 amide bonds. The van der Waals surface area contributed by atoms with Crippen molar-refractivity contribution in [3.05, 3.63) is 41.6 Å². The summed E-state index contributed by atoms with van der Waals surface area (Å²) < 4.78 is 7.04. The van der Waals surface area contributed by atoms with Gasteiger partial charge in [-0.15, -0.1) is 0 Å². The number of hydrogen-bond acceptors (Lipinski definition) is 7. The standard InChI is InChI=1S/C29H36N6O4/c1-16-8-19(20-12-30-18(3)31-13-20)9-21-25(17(2)36)33-34(26(16)21)14-24(37)35-22(10-29(6)11-23(29)35)27(38)32-15-28(4,5)39-7/h8-9,12-13,22-23H,10-11,14-15H2,1-7H3,(H,32,38)/t22?,23-,29+/m1/s1. The van der Waals surface area contributed by atoms with Crippen LogP contribution in [-0.4, -0.2) is 73.6 Å². The number of Topliss-reactive ketones (excluding diaryl/α,β-unsaturated/α-hetero) is 1. The Morgan fingerprint density at radius 1 is 1.13 bits per heavy atom. The highest BCUT2D eigenvalue weighted by Crippen LogP contribution is 2.59. The predicted molar refractivity (Wildman–Crippen MR) is 146 cm³/mol. The minimum atomic E-state index is -0.544. The zero-order valence-corrected chi connectivity index (χ0v) is 23.7. The Labute approximate surface area is 228 Å². The summed E-state index contributed by atoms with van der Waals surface area (Å²) in [6, 6.07) is 3.38. The van der Waals surface area contributed by atoms with Gasteiger partial charge in [-0.05, 0) is 69.2 Å². The third-order valence-corrected chi connectivity index (χ3v) is 8.23. The quantitative estimate of drug-likeness (QED) is 0.442. The zero-order valence-electron chi connectivity index (χ0n) is 23.7. The van der Waals surface area contributed by atoms with Crippen molar-refractivity contribution in [3.63, 3.8) is 0 Å². The Bertz CT molecular complexity index is 1480. The summed E-state index contributed by atoms with van der Waals surface area (Å²) in [6.07, 6.45) is 5.01. The fourth-order valence-corrected chi connectivity index (χ4v) is 5.67. The van der Waals surface area contributed by atoms with Crippen molar-refractivity contribution in [1.29, 1.82) is 0 Å². The van der Waals surface area contributed by atoms with Crippen LogP contribution in [0.1, 0.15) is 62.4 Å². The van der Waals surface area contributed by atoms with Crippen molar-refractivity contribution < 1.29 is 19.1 Å². The molecule has 1 aliphatic carbocycles. The molecule has 5 rings (SSSR count). The first-order valence-corrected chi connectivity index (χ1v) is 13.3. The number of nitrogens with zero attached hydrogens (tertiary/aromatic N) is 5. The molecule has 39 heavy (non-hydrogen) atoms. The van der Waals surface area contributed by atoms with E-state index in [-0.39, 0.29) is 35.6 Å². The number of amides is 2. The van der Waals surface area contributed by atoms with E-state index in [1.54, 1.807) is 29.1 Å². The normalized spacial score (nSPS) is 22.2. The van der Waals surface area contributed by atoms with Gasteiger partial charge in [-0.2, -0.15) is 5.10 Å². The maximum atomic E-state index is 13.8. The number of hydrogen-bond donors (Lipinski definition) is 1. The van der Waals surface area contributed by atoms with E-state index < -0.39 is 11.6 Å². The van der Waals surface area contributed by atoms with Crippen molar-refractivity contribution in [2.45, 2.75) is 78.6 Å². The Kier molecular flexibility index (Phi) is 6.57. The van der Waals surface area contributed by atoms with Gasteiger partial charge in [0.05, 0.1) is 11.1 Å². The second-order valence-electron chi connectivity index (χ2n) is 11.8. The molecule has 1 saturated carbocycles. The Morgan fingerprint density at radius 3 is 2.46 bits per heavy atom. The van der Waals surface area contributed by atoms with Gasteiger partial charge in [-0.25, -0.2) is 9.97 Å². The molecule has 0 bridgehead atoms. The molecule has 10 heteroatoms. The molecule has 3 aromatic rings. The van der Waals surface area contributed by atoms with E-state index in [0.717, 1.165) is 28.6 Å². The lowest BCUT2D eigenvalue weighted by atomic mass is 10.0. The molecule has 1 saturated heterocycles. The highest BCUT2D eigenvalue weighted by Gasteiger charge is 2.64. The first-order valence-electron chi connectivity index (χ1n) is 13.3. The van der Waals surface area contributed by atoms with Crippen LogP contribution in [0.2, 0.25) is 0 Å². The first-order chi connectivity index (χ1) is 18.3. The molecule has 0 spiro atoms. The number of ether oxygens (including phenoxy) is 1. The number of likely N-dealkylation sites (tertiary alicyclic amines) is 1. The lowest BCUT2D eigenvalue weighted by Crippen LogP contribution is -2.51. The van der Waals surface area contributed by atoms with Crippen LogP contribution in [0.15, 0.2) is 24.5 Å². The average molecular weight is 533 g/mol. The van der Waals surface area contributed by atoms with Gasteiger partial charge in [0.2, 0.25) is 11.8 Å². The van der Waals surface area contributed by atoms with E-state index in [0.29, 0.717) is 29.9 Å². The van der Waals surface area contributed by atoms with Crippen LogP contribution in [-0.2, 0) is 20.9 Å². The monoisotopic (exact) mass is 532 g/mol. The Hall–Kier alpha value is -3.66. The van der Waals surface area contributed by atoms with Crippen LogP contribution >= 0.6 is 0 Å². The van der Waals surface area contributed by atoms with E-state index in [9.17, 15) is 14.4 Å². The number of ketones is 1. The van der Waals surface area contributed by atoms with Crippen molar-refractivity contribution >= 4 is 28.5 Å². The smallest absolute Gasteiger partial charge is 0.245 e. The van der Waals surface area contributed by atoms with Gasteiger partial charge in [-0.3, -0.25) is 19.1 Å². The molecule has 1 unspecified atom stereocenters. The topological polar surface area (TPSA) is 119 Å². The summed E-state index contributed by atoms with van der Waals surface area (Å²) in [7, 11) is 1.61. The first kappa shape index (κ1) is 26.9.